The minimum Gasteiger partial charge on any atom is -0.379 e. The fourth-order valence-electron chi connectivity index (χ4n) is 2.38. The summed E-state index contributed by atoms with van der Waals surface area (Å²) in [6.45, 7) is 4.62. The summed E-state index contributed by atoms with van der Waals surface area (Å²) in [5, 5.41) is 3.33. The third-order valence-corrected chi connectivity index (χ3v) is 4.31. The number of nitrogens with one attached hydrogen (secondary N) is 1. The Morgan fingerprint density at radius 2 is 1.94 bits per heavy atom. The lowest BCUT2D eigenvalue weighted by molar-refractivity contribution is 0.232. The Morgan fingerprint density at radius 3 is 2.53 bits per heavy atom. The zero-order valence-corrected chi connectivity index (χ0v) is 12.0. The molecule has 1 aliphatic rings. The third kappa shape index (κ3) is 3.21. The van der Waals surface area contributed by atoms with Gasteiger partial charge in [-0.15, -0.1) is 0 Å². The molecule has 0 unspecified atom stereocenters. The van der Waals surface area contributed by atoms with Crippen molar-refractivity contribution in [1.29, 1.82) is 0 Å². The van der Waals surface area contributed by atoms with Crippen molar-refractivity contribution in [2.45, 2.75) is 45.6 Å². The van der Waals surface area contributed by atoms with E-state index in [-0.39, 0.29) is 5.82 Å². The molecule has 1 saturated carbocycles. The van der Waals surface area contributed by atoms with Crippen LogP contribution >= 0.6 is 15.9 Å². The van der Waals surface area contributed by atoms with E-state index >= 15 is 0 Å². The predicted molar refractivity (Wildman–Crippen MR) is 73.8 cm³/mol. The first-order valence-corrected chi connectivity index (χ1v) is 6.98. The van der Waals surface area contributed by atoms with Gasteiger partial charge in [-0.25, -0.2) is 4.39 Å². The first kappa shape index (κ1) is 12.9. The molecule has 0 spiro atoms. The Kier molecular flexibility index (Phi) is 3.76. The van der Waals surface area contributed by atoms with Crippen LogP contribution in [0, 0.1) is 11.2 Å². The van der Waals surface area contributed by atoms with Gasteiger partial charge in [0.2, 0.25) is 0 Å². The fraction of sp³-hybridized carbons (Fsp3) is 0.571. The van der Waals surface area contributed by atoms with Gasteiger partial charge in [-0.05, 0) is 59.2 Å². The molecule has 1 aromatic rings. The van der Waals surface area contributed by atoms with Gasteiger partial charge in [0.15, 0.2) is 0 Å². The van der Waals surface area contributed by atoms with Crippen LogP contribution in [0.25, 0.3) is 0 Å². The molecule has 3 heteroatoms. The van der Waals surface area contributed by atoms with Gasteiger partial charge in [0.05, 0.1) is 5.69 Å². The predicted octanol–water partition coefficient (Wildman–Crippen LogP) is 4.97. The van der Waals surface area contributed by atoms with Crippen molar-refractivity contribution in [3.8, 4) is 0 Å². The lowest BCUT2D eigenvalue weighted by atomic mass is 9.75. The SMILES string of the molecule is CC1(C)CCC(Nc2c(F)cccc2Br)CC1. The average Bonchev–Trinajstić information content (AvgIpc) is 2.26. The van der Waals surface area contributed by atoms with Crippen molar-refractivity contribution in [1.82, 2.24) is 0 Å². The van der Waals surface area contributed by atoms with Crippen LogP contribution in [-0.4, -0.2) is 6.04 Å². The summed E-state index contributed by atoms with van der Waals surface area (Å²) in [5.74, 6) is -0.177. The lowest BCUT2D eigenvalue weighted by Crippen LogP contribution is -2.30. The molecule has 1 fully saturated rings. The molecule has 0 amide bonds. The maximum Gasteiger partial charge on any atom is 0.147 e. The maximum atomic E-state index is 13.7. The van der Waals surface area contributed by atoms with Crippen LogP contribution in [0.1, 0.15) is 39.5 Å². The Morgan fingerprint density at radius 1 is 1.29 bits per heavy atom. The van der Waals surface area contributed by atoms with Crippen LogP contribution in [0.15, 0.2) is 22.7 Å². The van der Waals surface area contributed by atoms with E-state index in [9.17, 15) is 4.39 Å². The summed E-state index contributed by atoms with van der Waals surface area (Å²) in [5.41, 5.74) is 1.06. The first-order chi connectivity index (χ1) is 7.98. The Hall–Kier alpha value is -0.570. The van der Waals surface area contributed by atoms with Gasteiger partial charge in [-0.1, -0.05) is 19.9 Å². The summed E-state index contributed by atoms with van der Waals surface area (Å²) >= 11 is 3.39. The highest BCUT2D eigenvalue weighted by atomic mass is 79.9. The summed E-state index contributed by atoms with van der Waals surface area (Å²) < 4.78 is 14.5. The number of benzene rings is 1. The molecule has 1 nitrogen and oxygen atoms in total. The van der Waals surface area contributed by atoms with E-state index in [0.29, 0.717) is 17.1 Å². The molecular formula is C14H19BrFN. The number of anilines is 1. The van der Waals surface area contributed by atoms with Gasteiger partial charge in [0.25, 0.3) is 0 Å². The summed E-state index contributed by atoms with van der Waals surface area (Å²) in [7, 11) is 0. The highest BCUT2D eigenvalue weighted by Crippen LogP contribution is 2.37. The van der Waals surface area contributed by atoms with Crippen molar-refractivity contribution < 1.29 is 4.39 Å². The van der Waals surface area contributed by atoms with Gasteiger partial charge in [0, 0.05) is 10.5 Å². The largest absolute Gasteiger partial charge is 0.379 e. The third-order valence-electron chi connectivity index (χ3n) is 3.65. The number of rotatable bonds is 2. The number of halogens is 2. The van der Waals surface area contributed by atoms with Gasteiger partial charge >= 0.3 is 0 Å². The Labute approximate surface area is 111 Å². The van der Waals surface area contributed by atoms with E-state index in [1.54, 1.807) is 6.07 Å². The van der Waals surface area contributed by atoms with E-state index in [0.717, 1.165) is 17.3 Å². The second-order valence-corrected chi connectivity index (χ2v) is 6.53. The number of para-hydroxylation sites is 1. The summed E-state index contributed by atoms with van der Waals surface area (Å²) in [6.07, 6.45) is 4.65. The van der Waals surface area contributed by atoms with E-state index in [1.165, 1.54) is 18.9 Å². The molecule has 1 aliphatic carbocycles. The average molecular weight is 300 g/mol. The Bertz CT molecular complexity index is 373. The van der Waals surface area contributed by atoms with Crippen molar-refractivity contribution in [2.24, 2.45) is 5.41 Å². The van der Waals surface area contributed by atoms with Crippen molar-refractivity contribution in [3.63, 3.8) is 0 Å². The fourth-order valence-corrected chi connectivity index (χ4v) is 2.84. The minimum absolute atomic E-state index is 0.177. The van der Waals surface area contributed by atoms with E-state index in [1.807, 2.05) is 6.07 Å². The van der Waals surface area contributed by atoms with Gasteiger partial charge in [0.1, 0.15) is 5.82 Å². The number of hydrogen-bond acceptors (Lipinski definition) is 1. The Balaban J connectivity index is 2.03. The van der Waals surface area contributed by atoms with E-state index in [2.05, 4.69) is 35.1 Å². The second-order valence-electron chi connectivity index (χ2n) is 5.68. The molecular weight excluding hydrogens is 281 g/mol. The van der Waals surface area contributed by atoms with Crippen LogP contribution in [0.3, 0.4) is 0 Å². The summed E-state index contributed by atoms with van der Waals surface area (Å²) in [6, 6.07) is 5.49. The number of hydrogen-bond donors (Lipinski definition) is 1. The molecule has 1 N–H and O–H groups in total. The molecule has 17 heavy (non-hydrogen) atoms. The first-order valence-electron chi connectivity index (χ1n) is 6.18. The monoisotopic (exact) mass is 299 g/mol. The van der Waals surface area contributed by atoms with Crippen LogP contribution in [0.5, 0.6) is 0 Å². The van der Waals surface area contributed by atoms with Gasteiger partial charge < -0.3 is 5.32 Å². The molecule has 0 atom stereocenters. The maximum absolute atomic E-state index is 13.7. The van der Waals surface area contributed by atoms with Crippen molar-refractivity contribution in [3.05, 3.63) is 28.5 Å². The van der Waals surface area contributed by atoms with Gasteiger partial charge in [-0.2, -0.15) is 0 Å². The van der Waals surface area contributed by atoms with Gasteiger partial charge in [-0.3, -0.25) is 0 Å². The molecule has 0 aromatic heterocycles. The minimum atomic E-state index is -0.177. The smallest absolute Gasteiger partial charge is 0.147 e. The molecule has 0 aliphatic heterocycles. The van der Waals surface area contributed by atoms with Crippen molar-refractivity contribution >= 4 is 21.6 Å². The zero-order valence-electron chi connectivity index (χ0n) is 10.4. The molecule has 1 aromatic carbocycles. The van der Waals surface area contributed by atoms with Crippen molar-refractivity contribution in [2.75, 3.05) is 5.32 Å². The van der Waals surface area contributed by atoms with Crippen LogP contribution in [0.4, 0.5) is 10.1 Å². The van der Waals surface area contributed by atoms with Crippen LogP contribution in [-0.2, 0) is 0 Å². The topological polar surface area (TPSA) is 12.0 Å². The molecule has 0 heterocycles. The van der Waals surface area contributed by atoms with Crippen LogP contribution < -0.4 is 5.32 Å². The summed E-state index contributed by atoms with van der Waals surface area (Å²) in [4.78, 5) is 0. The highest BCUT2D eigenvalue weighted by molar-refractivity contribution is 9.10. The molecule has 0 radical (unpaired) electrons. The van der Waals surface area contributed by atoms with Crippen LogP contribution in [0.2, 0.25) is 0 Å². The van der Waals surface area contributed by atoms with E-state index < -0.39 is 0 Å². The lowest BCUT2D eigenvalue weighted by Gasteiger charge is -2.35. The molecule has 0 bridgehead atoms. The molecule has 94 valence electrons. The molecule has 0 saturated heterocycles. The normalized spacial score (nSPS) is 20.2. The quantitative estimate of drug-likeness (QED) is 0.813. The zero-order chi connectivity index (χ0) is 12.5. The second kappa shape index (κ2) is 4.97. The standard InChI is InChI=1S/C14H19BrFN/c1-14(2)8-6-10(7-9-14)17-13-11(15)4-3-5-12(13)16/h3-5,10,17H,6-9H2,1-2H3. The van der Waals surface area contributed by atoms with E-state index in [4.69, 9.17) is 0 Å². The highest BCUT2D eigenvalue weighted by Gasteiger charge is 2.27. The molecule has 2 rings (SSSR count).